The molecule has 2 aromatic carbocycles. The molecule has 0 aliphatic carbocycles. The Labute approximate surface area is 156 Å². The molecule has 0 aliphatic heterocycles. The molecule has 5 nitrogen and oxygen atoms in total. The second-order valence-corrected chi connectivity index (χ2v) is 8.09. The zero-order valence-electron chi connectivity index (χ0n) is 13.8. The monoisotopic (exact) mass is 386 g/mol. The largest absolute Gasteiger partial charge is 0.322 e. The van der Waals surface area contributed by atoms with Crippen molar-refractivity contribution < 1.29 is 13.2 Å². The van der Waals surface area contributed by atoms with Crippen molar-refractivity contribution >= 4 is 33.0 Å². The quantitative estimate of drug-likeness (QED) is 0.733. The number of pyridine rings is 1. The van der Waals surface area contributed by atoms with Gasteiger partial charge in [-0.3, -0.25) is 9.78 Å². The predicted molar refractivity (Wildman–Crippen MR) is 102 cm³/mol. The Bertz CT molecular complexity index is 1070. The molecule has 3 aromatic rings. The fourth-order valence-corrected chi connectivity index (χ4v) is 3.27. The normalized spacial score (nSPS) is 11.2. The van der Waals surface area contributed by atoms with E-state index in [1.807, 2.05) is 12.1 Å². The number of rotatable bonds is 4. The van der Waals surface area contributed by atoms with E-state index in [0.29, 0.717) is 22.0 Å². The molecule has 1 heterocycles. The molecule has 0 bridgehead atoms. The van der Waals surface area contributed by atoms with Gasteiger partial charge in [0.15, 0.2) is 9.84 Å². The van der Waals surface area contributed by atoms with Gasteiger partial charge >= 0.3 is 0 Å². The summed E-state index contributed by atoms with van der Waals surface area (Å²) < 4.78 is 23.3. The van der Waals surface area contributed by atoms with Gasteiger partial charge in [0.2, 0.25) is 0 Å². The molecule has 132 valence electrons. The molecular weight excluding hydrogens is 372 g/mol. The Morgan fingerprint density at radius 3 is 2.54 bits per heavy atom. The molecule has 3 rings (SSSR count). The maximum Gasteiger partial charge on any atom is 0.255 e. The number of sulfone groups is 1. The fourth-order valence-electron chi connectivity index (χ4n) is 2.39. The summed E-state index contributed by atoms with van der Waals surface area (Å²) in [6.45, 7) is 0. The number of amides is 1. The van der Waals surface area contributed by atoms with Crippen molar-refractivity contribution in [3.8, 4) is 11.3 Å². The van der Waals surface area contributed by atoms with Gasteiger partial charge in [-0.1, -0.05) is 23.7 Å². The first-order valence-electron chi connectivity index (χ1n) is 7.67. The fraction of sp³-hybridized carbons (Fsp3) is 0.0526. The van der Waals surface area contributed by atoms with Crippen molar-refractivity contribution in [2.45, 2.75) is 4.90 Å². The van der Waals surface area contributed by atoms with Gasteiger partial charge in [0.1, 0.15) is 0 Å². The van der Waals surface area contributed by atoms with Crippen molar-refractivity contribution in [1.29, 1.82) is 0 Å². The van der Waals surface area contributed by atoms with E-state index < -0.39 is 15.7 Å². The van der Waals surface area contributed by atoms with Crippen LogP contribution in [-0.2, 0) is 9.84 Å². The number of halogens is 1. The molecule has 26 heavy (non-hydrogen) atoms. The van der Waals surface area contributed by atoms with E-state index in [1.165, 1.54) is 18.2 Å². The molecule has 0 fully saturated rings. The summed E-state index contributed by atoms with van der Waals surface area (Å²) in [6.07, 6.45) is 2.76. The molecule has 1 aromatic heterocycles. The number of aromatic nitrogens is 1. The second-order valence-electron chi connectivity index (χ2n) is 5.66. The zero-order chi connectivity index (χ0) is 18.7. The van der Waals surface area contributed by atoms with Gasteiger partial charge in [-0.15, -0.1) is 0 Å². The number of anilines is 1. The van der Waals surface area contributed by atoms with E-state index in [1.54, 1.807) is 36.5 Å². The third-order valence-electron chi connectivity index (χ3n) is 3.69. The summed E-state index contributed by atoms with van der Waals surface area (Å²) in [4.78, 5) is 16.8. The molecule has 0 spiro atoms. The summed E-state index contributed by atoms with van der Waals surface area (Å²) >= 11 is 6.24. The van der Waals surface area contributed by atoms with Gasteiger partial charge in [-0.05, 0) is 48.5 Å². The van der Waals surface area contributed by atoms with E-state index in [0.717, 1.165) is 6.26 Å². The third kappa shape index (κ3) is 4.09. The second kappa shape index (κ2) is 7.27. The summed E-state index contributed by atoms with van der Waals surface area (Å²) in [5, 5.41) is 3.27. The first-order chi connectivity index (χ1) is 12.3. The lowest BCUT2D eigenvalue weighted by Crippen LogP contribution is -2.12. The van der Waals surface area contributed by atoms with Crippen LogP contribution in [0.1, 0.15) is 10.4 Å². The van der Waals surface area contributed by atoms with Crippen LogP contribution in [0.5, 0.6) is 0 Å². The highest BCUT2D eigenvalue weighted by molar-refractivity contribution is 7.90. The summed E-state index contributed by atoms with van der Waals surface area (Å²) in [6, 6.07) is 16.4. The van der Waals surface area contributed by atoms with Crippen LogP contribution in [0.25, 0.3) is 11.3 Å². The van der Waals surface area contributed by atoms with Crippen LogP contribution in [0.3, 0.4) is 0 Å². The Morgan fingerprint density at radius 1 is 1.04 bits per heavy atom. The molecule has 0 unspecified atom stereocenters. The predicted octanol–water partition coefficient (Wildman–Crippen LogP) is 4.06. The Morgan fingerprint density at radius 2 is 1.85 bits per heavy atom. The standard InChI is InChI=1S/C19H15ClN2O3S/c1-26(24,25)15-6-4-5-13(11-15)19(23)22-14-8-9-17(20)16(12-14)18-7-2-3-10-21-18/h2-12H,1H3,(H,22,23). The van der Waals surface area contributed by atoms with Crippen LogP contribution in [0.2, 0.25) is 5.02 Å². The number of hydrogen-bond donors (Lipinski definition) is 1. The molecule has 0 aliphatic rings. The molecule has 0 saturated heterocycles. The van der Waals surface area contributed by atoms with Crippen molar-refractivity contribution in [3.05, 3.63) is 77.4 Å². The molecule has 1 amide bonds. The van der Waals surface area contributed by atoms with E-state index >= 15 is 0 Å². The topological polar surface area (TPSA) is 76.1 Å². The zero-order valence-corrected chi connectivity index (χ0v) is 15.4. The van der Waals surface area contributed by atoms with Crippen LogP contribution in [0.15, 0.2) is 71.8 Å². The Hall–Kier alpha value is -2.70. The minimum absolute atomic E-state index is 0.0930. The van der Waals surface area contributed by atoms with Crippen molar-refractivity contribution in [1.82, 2.24) is 4.98 Å². The van der Waals surface area contributed by atoms with Crippen LogP contribution in [0, 0.1) is 0 Å². The van der Waals surface area contributed by atoms with Crippen molar-refractivity contribution in [3.63, 3.8) is 0 Å². The average molecular weight is 387 g/mol. The smallest absolute Gasteiger partial charge is 0.255 e. The maximum atomic E-state index is 12.5. The average Bonchev–Trinajstić information content (AvgIpc) is 2.63. The third-order valence-corrected chi connectivity index (χ3v) is 5.13. The van der Waals surface area contributed by atoms with Crippen LogP contribution >= 0.6 is 11.6 Å². The van der Waals surface area contributed by atoms with Gasteiger partial charge in [0, 0.05) is 29.3 Å². The number of carbonyl (C=O) groups excluding carboxylic acids is 1. The molecule has 7 heteroatoms. The summed E-state index contributed by atoms with van der Waals surface area (Å²) in [7, 11) is -3.39. The molecule has 0 radical (unpaired) electrons. The lowest BCUT2D eigenvalue weighted by atomic mass is 10.1. The number of nitrogens with one attached hydrogen (secondary N) is 1. The molecular formula is C19H15ClN2O3S. The molecule has 0 atom stereocenters. The van der Waals surface area contributed by atoms with Crippen LogP contribution in [0.4, 0.5) is 5.69 Å². The Kier molecular flexibility index (Phi) is 5.06. The summed E-state index contributed by atoms with van der Waals surface area (Å²) in [5.74, 6) is -0.412. The van der Waals surface area contributed by atoms with Crippen molar-refractivity contribution in [2.24, 2.45) is 0 Å². The number of carbonyl (C=O) groups is 1. The summed E-state index contributed by atoms with van der Waals surface area (Å²) in [5.41, 5.74) is 2.16. The first kappa shape index (κ1) is 18.1. The van der Waals surface area contributed by atoms with E-state index in [4.69, 9.17) is 11.6 Å². The highest BCUT2D eigenvalue weighted by atomic mass is 35.5. The lowest BCUT2D eigenvalue weighted by Gasteiger charge is -2.10. The molecule has 0 saturated carbocycles. The highest BCUT2D eigenvalue weighted by Gasteiger charge is 2.13. The number of nitrogens with zero attached hydrogens (tertiary/aromatic N) is 1. The van der Waals surface area contributed by atoms with Crippen LogP contribution < -0.4 is 5.32 Å². The molecule has 1 N–H and O–H groups in total. The van der Waals surface area contributed by atoms with Crippen LogP contribution in [-0.4, -0.2) is 25.6 Å². The van der Waals surface area contributed by atoms with Gasteiger partial charge in [0.05, 0.1) is 15.6 Å². The maximum absolute atomic E-state index is 12.5. The highest BCUT2D eigenvalue weighted by Crippen LogP contribution is 2.29. The Balaban J connectivity index is 1.89. The minimum Gasteiger partial charge on any atom is -0.322 e. The van der Waals surface area contributed by atoms with Gasteiger partial charge in [0.25, 0.3) is 5.91 Å². The van der Waals surface area contributed by atoms with Gasteiger partial charge in [-0.25, -0.2) is 8.42 Å². The van der Waals surface area contributed by atoms with E-state index in [-0.39, 0.29) is 10.5 Å². The van der Waals surface area contributed by atoms with Gasteiger partial charge < -0.3 is 5.32 Å². The number of benzene rings is 2. The van der Waals surface area contributed by atoms with E-state index in [9.17, 15) is 13.2 Å². The van der Waals surface area contributed by atoms with E-state index in [2.05, 4.69) is 10.3 Å². The minimum atomic E-state index is -3.39. The first-order valence-corrected chi connectivity index (χ1v) is 9.94. The van der Waals surface area contributed by atoms with Crippen molar-refractivity contribution in [2.75, 3.05) is 11.6 Å². The van der Waals surface area contributed by atoms with Gasteiger partial charge in [-0.2, -0.15) is 0 Å². The SMILES string of the molecule is CS(=O)(=O)c1cccc(C(=O)Nc2ccc(Cl)c(-c3ccccn3)c2)c1. The number of hydrogen-bond acceptors (Lipinski definition) is 4. The lowest BCUT2D eigenvalue weighted by molar-refractivity contribution is 0.102.